The molecule has 4 nitrogen and oxygen atoms in total. The molecule has 4 rings (SSSR count). The molecule has 1 aromatic heterocycles. The zero-order chi connectivity index (χ0) is 13.9. The SMILES string of the molecule is O=C1C(=O)c2[nH]c3c(c2-c2ccccc21)C(=O)CCC3. The summed E-state index contributed by atoms with van der Waals surface area (Å²) in [5.41, 5.74) is 3.41. The Labute approximate surface area is 114 Å². The summed E-state index contributed by atoms with van der Waals surface area (Å²) in [4.78, 5) is 39.5. The van der Waals surface area contributed by atoms with Crippen molar-refractivity contribution in [3.8, 4) is 11.1 Å². The van der Waals surface area contributed by atoms with Gasteiger partial charge in [-0.05, 0) is 18.4 Å². The van der Waals surface area contributed by atoms with Crippen LogP contribution in [0, 0.1) is 0 Å². The highest BCUT2D eigenvalue weighted by molar-refractivity contribution is 6.53. The highest BCUT2D eigenvalue weighted by Crippen LogP contribution is 2.39. The van der Waals surface area contributed by atoms with Gasteiger partial charge in [0.05, 0.1) is 5.69 Å². The maximum atomic E-state index is 12.2. The minimum absolute atomic E-state index is 0.0562. The molecule has 0 saturated carbocycles. The first-order valence-corrected chi connectivity index (χ1v) is 6.65. The number of hydrogen-bond donors (Lipinski definition) is 1. The minimum atomic E-state index is -0.541. The quantitative estimate of drug-likeness (QED) is 0.744. The smallest absolute Gasteiger partial charge is 0.250 e. The molecule has 1 heterocycles. The first kappa shape index (κ1) is 11.3. The van der Waals surface area contributed by atoms with Gasteiger partial charge in [0.2, 0.25) is 11.6 Å². The van der Waals surface area contributed by atoms with E-state index >= 15 is 0 Å². The van der Waals surface area contributed by atoms with Gasteiger partial charge in [0.1, 0.15) is 0 Å². The van der Waals surface area contributed by atoms with Crippen molar-refractivity contribution in [1.82, 2.24) is 4.98 Å². The number of H-pyrrole nitrogens is 1. The number of ketones is 3. The maximum Gasteiger partial charge on any atom is 0.250 e. The number of nitrogens with one attached hydrogen (secondary N) is 1. The standard InChI is InChI=1S/C16H11NO3/c18-11-7-3-6-10-13(11)12-8-4-1-2-5-9(8)15(19)16(20)14(12)17-10/h1-2,4-5,17H,3,6-7H2. The van der Waals surface area contributed by atoms with Crippen LogP contribution >= 0.6 is 0 Å². The van der Waals surface area contributed by atoms with E-state index in [9.17, 15) is 14.4 Å². The van der Waals surface area contributed by atoms with Crippen LogP contribution in [0.25, 0.3) is 11.1 Å². The molecular weight excluding hydrogens is 254 g/mol. The van der Waals surface area contributed by atoms with E-state index in [-0.39, 0.29) is 11.5 Å². The van der Waals surface area contributed by atoms with Crippen LogP contribution < -0.4 is 0 Å². The maximum absolute atomic E-state index is 12.2. The van der Waals surface area contributed by atoms with E-state index in [1.54, 1.807) is 18.2 Å². The third-order valence-corrected chi connectivity index (χ3v) is 4.06. The molecule has 0 aliphatic heterocycles. The highest BCUT2D eigenvalue weighted by Gasteiger charge is 2.37. The molecular formula is C16H11NO3. The number of benzene rings is 1. The van der Waals surface area contributed by atoms with Crippen molar-refractivity contribution in [3.63, 3.8) is 0 Å². The van der Waals surface area contributed by atoms with Crippen LogP contribution in [0.4, 0.5) is 0 Å². The summed E-state index contributed by atoms with van der Waals surface area (Å²) in [5, 5.41) is 0. The molecule has 4 heteroatoms. The van der Waals surface area contributed by atoms with Crippen molar-refractivity contribution in [3.05, 3.63) is 46.8 Å². The number of carbonyl (C=O) groups is 3. The van der Waals surface area contributed by atoms with Crippen LogP contribution in [0.2, 0.25) is 0 Å². The molecule has 1 N–H and O–H groups in total. The molecule has 2 aliphatic carbocycles. The van der Waals surface area contributed by atoms with Crippen molar-refractivity contribution >= 4 is 17.3 Å². The van der Waals surface area contributed by atoms with E-state index in [2.05, 4.69) is 4.98 Å². The van der Waals surface area contributed by atoms with Gasteiger partial charge in [-0.15, -0.1) is 0 Å². The molecule has 0 spiro atoms. The zero-order valence-electron chi connectivity index (χ0n) is 10.7. The summed E-state index contributed by atoms with van der Waals surface area (Å²) >= 11 is 0. The van der Waals surface area contributed by atoms with Crippen molar-refractivity contribution in [1.29, 1.82) is 0 Å². The summed E-state index contributed by atoms with van der Waals surface area (Å²) in [6.45, 7) is 0. The van der Waals surface area contributed by atoms with Crippen molar-refractivity contribution in [2.45, 2.75) is 19.3 Å². The topological polar surface area (TPSA) is 67.0 Å². The molecule has 0 fully saturated rings. The lowest BCUT2D eigenvalue weighted by Crippen LogP contribution is -2.21. The average molecular weight is 265 g/mol. The van der Waals surface area contributed by atoms with Gasteiger partial charge in [-0.1, -0.05) is 24.3 Å². The van der Waals surface area contributed by atoms with E-state index in [4.69, 9.17) is 0 Å². The van der Waals surface area contributed by atoms with E-state index in [1.165, 1.54) is 0 Å². The van der Waals surface area contributed by atoms with Crippen molar-refractivity contribution in [2.24, 2.45) is 0 Å². The third-order valence-electron chi connectivity index (χ3n) is 4.06. The van der Waals surface area contributed by atoms with Crippen molar-refractivity contribution in [2.75, 3.05) is 0 Å². The Balaban J connectivity index is 2.12. The molecule has 0 atom stereocenters. The number of fused-ring (bicyclic) bond motifs is 5. The van der Waals surface area contributed by atoms with Gasteiger partial charge in [0, 0.05) is 28.8 Å². The number of Topliss-reactive ketones (excluding diaryl/α,β-unsaturated/α-hetero) is 3. The van der Waals surface area contributed by atoms with Gasteiger partial charge in [0.25, 0.3) is 0 Å². The summed E-state index contributed by atoms with van der Waals surface area (Å²) in [6, 6.07) is 6.99. The van der Waals surface area contributed by atoms with E-state index in [0.29, 0.717) is 28.7 Å². The van der Waals surface area contributed by atoms with E-state index in [0.717, 1.165) is 18.5 Å². The molecule has 98 valence electrons. The van der Waals surface area contributed by atoms with Gasteiger partial charge >= 0.3 is 0 Å². The monoisotopic (exact) mass is 265 g/mol. The Morgan fingerprint density at radius 2 is 1.60 bits per heavy atom. The van der Waals surface area contributed by atoms with Crippen LogP contribution in [-0.2, 0) is 6.42 Å². The molecule has 2 aromatic rings. The van der Waals surface area contributed by atoms with Gasteiger partial charge in [0.15, 0.2) is 5.78 Å². The fraction of sp³-hybridized carbons (Fsp3) is 0.188. The summed E-state index contributed by atoms with van der Waals surface area (Å²) in [5.74, 6) is -0.985. The van der Waals surface area contributed by atoms with Gasteiger partial charge < -0.3 is 4.98 Å². The lowest BCUT2D eigenvalue weighted by molar-refractivity contribution is 0.0812. The number of rotatable bonds is 0. The Kier molecular flexibility index (Phi) is 2.13. The van der Waals surface area contributed by atoms with E-state index < -0.39 is 11.6 Å². The van der Waals surface area contributed by atoms with E-state index in [1.807, 2.05) is 6.07 Å². The van der Waals surface area contributed by atoms with Gasteiger partial charge in [-0.2, -0.15) is 0 Å². The van der Waals surface area contributed by atoms with Crippen LogP contribution in [0.1, 0.15) is 49.7 Å². The first-order valence-electron chi connectivity index (χ1n) is 6.65. The third kappa shape index (κ3) is 1.28. The molecule has 0 saturated heterocycles. The Morgan fingerprint density at radius 3 is 2.40 bits per heavy atom. The second-order valence-corrected chi connectivity index (χ2v) is 5.21. The fourth-order valence-corrected chi connectivity index (χ4v) is 3.17. The molecule has 1 aromatic carbocycles. The predicted molar refractivity (Wildman–Crippen MR) is 72.2 cm³/mol. The molecule has 0 unspecified atom stereocenters. The number of aromatic amines is 1. The number of carbonyl (C=O) groups excluding carboxylic acids is 3. The largest absolute Gasteiger partial charge is 0.354 e. The molecule has 0 amide bonds. The minimum Gasteiger partial charge on any atom is -0.354 e. The van der Waals surface area contributed by atoms with Crippen LogP contribution in [0.15, 0.2) is 24.3 Å². The lowest BCUT2D eigenvalue weighted by atomic mass is 9.83. The van der Waals surface area contributed by atoms with Crippen LogP contribution in [0.3, 0.4) is 0 Å². The predicted octanol–water partition coefficient (Wildman–Crippen LogP) is 2.58. The normalized spacial score (nSPS) is 16.7. The van der Waals surface area contributed by atoms with Crippen LogP contribution in [-0.4, -0.2) is 22.3 Å². The Hall–Kier alpha value is -2.49. The Morgan fingerprint density at radius 1 is 0.850 bits per heavy atom. The number of aromatic nitrogens is 1. The number of hydrogen-bond acceptors (Lipinski definition) is 3. The zero-order valence-corrected chi connectivity index (χ0v) is 10.7. The van der Waals surface area contributed by atoms with Gasteiger partial charge in [-0.25, -0.2) is 0 Å². The molecule has 2 aliphatic rings. The van der Waals surface area contributed by atoms with Gasteiger partial charge in [-0.3, -0.25) is 14.4 Å². The second-order valence-electron chi connectivity index (χ2n) is 5.21. The average Bonchev–Trinajstić information content (AvgIpc) is 2.86. The summed E-state index contributed by atoms with van der Waals surface area (Å²) in [7, 11) is 0. The fourth-order valence-electron chi connectivity index (χ4n) is 3.17. The highest BCUT2D eigenvalue weighted by atomic mass is 16.2. The lowest BCUT2D eigenvalue weighted by Gasteiger charge is -2.16. The molecule has 0 radical (unpaired) electrons. The van der Waals surface area contributed by atoms with Crippen LogP contribution in [0.5, 0.6) is 0 Å². The Bertz CT molecular complexity index is 798. The van der Waals surface area contributed by atoms with Crippen molar-refractivity contribution < 1.29 is 14.4 Å². The molecule has 0 bridgehead atoms. The first-order chi connectivity index (χ1) is 9.68. The summed E-state index contributed by atoms with van der Waals surface area (Å²) < 4.78 is 0. The second kappa shape index (κ2) is 3.76. The number of aryl methyl sites for hydroxylation is 1. The summed E-state index contributed by atoms with van der Waals surface area (Å²) in [6.07, 6.45) is 2.04. The molecule has 20 heavy (non-hydrogen) atoms.